The summed E-state index contributed by atoms with van der Waals surface area (Å²) in [5.74, 6) is 0.386. The molecule has 2 aromatic rings. The van der Waals surface area contributed by atoms with Crippen molar-refractivity contribution in [2.75, 3.05) is 10.6 Å². The van der Waals surface area contributed by atoms with Crippen LogP contribution in [-0.4, -0.2) is 16.1 Å². The van der Waals surface area contributed by atoms with Crippen molar-refractivity contribution in [1.29, 1.82) is 5.26 Å². The normalized spacial score (nSPS) is 10.1. The summed E-state index contributed by atoms with van der Waals surface area (Å²) in [6.45, 7) is 5.98. The van der Waals surface area contributed by atoms with Crippen molar-refractivity contribution >= 4 is 17.4 Å². The highest BCUT2D eigenvalue weighted by Crippen LogP contribution is 2.21. The number of nitrogens with zero attached hydrogens (tertiary/aromatic N) is 3. The molecule has 0 atom stereocenters. The summed E-state index contributed by atoms with van der Waals surface area (Å²) < 4.78 is 0. The van der Waals surface area contributed by atoms with E-state index >= 15 is 0 Å². The number of carbonyl (C=O) groups excluding carboxylic acids is 1. The van der Waals surface area contributed by atoms with Gasteiger partial charge in [0.25, 0.3) is 0 Å². The van der Waals surface area contributed by atoms with Gasteiger partial charge >= 0.3 is 0 Å². The fourth-order valence-electron chi connectivity index (χ4n) is 2.57. The molecule has 2 rings (SSSR count). The van der Waals surface area contributed by atoms with Gasteiger partial charge in [0, 0.05) is 19.2 Å². The van der Waals surface area contributed by atoms with E-state index in [2.05, 4.69) is 26.9 Å². The minimum absolute atomic E-state index is 0.111. The zero-order valence-corrected chi connectivity index (χ0v) is 14.2. The van der Waals surface area contributed by atoms with E-state index < -0.39 is 0 Å². The smallest absolute Gasteiger partial charge is 0.221 e. The van der Waals surface area contributed by atoms with Crippen molar-refractivity contribution in [3.05, 3.63) is 46.6 Å². The molecule has 6 nitrogen and oxygen atoms in total. The molecule has 0 saturated heterocycles. The van der Waals surface area contributed by atoms with E-state index in [1.165, 1.54) is 6.92 Å². The van der Waals surface area contributed by atoms with Crippen LogP contribution in [-0.2, 0) is 24.2 Å². The zero-order valence-electron chi connectivity index (χ0n) is 14.2. The number of hydrogen-bond acceptors (Lipinski definition) is 5. The molecule has 0 aliphatic heterocycles. The first kappa shape index (κ1) is 17.4. The lowest BCUT2D eigenvalue weighted by Crippen LogP contribution is -2.10. The minimum atomic E-state index is -0.111. The molecule has 1 heterocycles. The van der Waals surface area contributed by atoms with Crippen LogP contribution in [0.4, 0.5) is 11.5 Å². The van der Waals surface area contributed by atoms with Gasteiger partial charge < -0.3 is 10.6 Å². The number of aryl methyl sites for hydroxylation is 1. The maximum Gasteiger partial charge on any atom is 0.221 e. The van der Waals surface area contributed by atoms with E-state index in [1.54, 1.807) is 0 Å². The molecule has 0 spiro atoms. The lowest BCUT2D eigenvalue weighted by molar-refractivity contribution is -0.114. The Morgan fingerprint density at radius 2 is 2.04 bits per heavy atom. The standard InChI is InChI=1S/C18H21N5O/c1-4-15-16(10-19)18(23-22-17(15)5-2)20-11-13-7-6-8-14(9-13)21-12(3)24/h6-9H,4-5,11H2,1-3H3,(H,20,23)(H,21,24). The predicted octanol–water partition coefficient (Wildman–Crippen LogP) is 3.04. The maximum absolute atomic E-state index is 11.1. The number of anilines is 2. The number of aromatic nitrogens is 2. The Labute approximate surface area is 141 Å². The van der Waals surface area contributed by atoms with Gasteiger partial charge in [-0.1, -0.05) is 26.0 Å². The van der Waals surface area contributed by atoms with Gasteiger partial charge in [-0.3, -0.25) is 4.79 Å². The van der Waals surface area contributed by atoms with Crippen LogP contribution < -0.4 is 10.6 Å². The van der Waals surface area contributed by atoms with Crippen LogP contribution in [0.1, 0.15) is 43.2 Å². The van der Waals surface area contributed by atoms with Gasteiger partial charge in [0.15, 0.2) is 5.82 Å². The molecule has 0 saturated carbocycles. The van der Waals surface area contributed by atoms with Gasteiger partial charge in [-0.15, -0.1) is 5.10 Å². The van der Waals surface area contributed by atoms with E-state index in [1.807, 2.05) is 38.1 Å². The van der Waals surface area contributed by atoms with E-state index in [0.717, 1.165) is 35.3 Å². The highest BCUT2D eigenvalue weighted by molar-refractivity contribution is 5.88. The average molecular weight is 323 g/mol. The van der Waals surface area contributed by atoms with Crippen LogP contribution in [0.15, 0.2) is 24.3 Å². The number of carbonyl (C=O) groups is 1. The summed E-state index contributed by atoms with van der Waals surface area (Å²) in [4.78, 5) is 11.1. The van der Waals surface area contributed by atoms with Crippen LogP contribution in [0.25, 0.3) is 0 Å². The van der Waals surface area contributed by atoms with Crippen LogP contribution in [0.3, 0.4) is 0 Å². The van der Waals surface area contributed by atoms with Crippen molar-refractivity contribution in [2.45, 2.75) is 40.2 Å². The number of benzene rings is 1. The van der Waals surface area contributed by atoms with E-state index in [0.29, 0.717) is 17.9 Å². The lowest BCUT2D eigenvalue weighted by Gasteiger charge is -2.12. The van der Waals surface area contributed by atoms with Crippen molar-refractivity contribution in [3.8, 4) is 6.07 Å². The summed E-state index contributed by atoms with van der Waals surface area (Å²) in [6, 6.07) is 9.77. The van der Waals surface area contributed by atoms with E-state index in [4.69, 9.17) is 0 Å². The van der Waals surface area contributed by atoms with Crippen molar-refractivity contribution in [2.24, 2.45) is 0 Å². The summed E-state index contributed by atoms with van der Waals surface area (Å²) in [5.41, 5.74) is 4.09. The molecule has 1 amide bonds. The summed E-state index contributed by atoms with van der Waals surface area (Å²) in [6.07, 6.45) is 1.50. The fraction of sp³-hybridized carbons (Fsp3) is 0.333. The average Bonchev–Trinajstić information content (AvgIpc) is 2.58. The number of nitriles is 1. The molecular formula is C18H21N5O. The first-order chi connectivity index (χ1) is 11.6. The second-order valence-electron chi connectivity index (χ2n) is 5.40. The van der Waals surface area contributed by atoms with Crippen molar-refractivity contribution in [3.63, 3.8) is 0 Å². The second-order valence-corrected chi connectivity index (χ2v) is 5.40. The number of rotatable bonds is 6. The topological polar surface area (TPSA) is 90.7 Å². The predicted molar refractivity (Wildman–Crippen MR) is 93.6 cm³/mol. The molecule has 6 heteroatoms. The zero-order chi connectivity index (χ0) is 17.5. The largest absolute Gasteiger partial charge is 0.363 e. The van der Waals surface area contributed by atoms with E-state index in [-0.39, 0.29) is 5.91 Å². The fourth-order valence-corrected chi connectivity index (χ4v) is 2.57. The molecule has 24 heavy (non-hydrogen) atoms. The second kappa shape index (κ2) is 8.06. The van der Waals surface area contributed by atoms with Gasteiger partial charge in [-0.2, -0.15) is 10.4 Å². The van der Waals surface area contributed by atoms with Gasteiger partial charge in [0.05, 0.1) is 5.69 Å². The molecule has 1 aromatic carbocycles. The summed E-state index contributed by atoms with van der Waals surface area (Å²) >= 11 is 0. The third kappa shape index (κ3) is 4.07. The Morgan fingerprint density at radius 1 is 1.25 bits per heavy atom. The molecule has 0 aliphatic rings. The highest BCUT2D eigenvalue weighted by Gasteiger charge is 2.14. The molecule has 0 unspecified atom stereocenters. The highest BCUT2D eigenvalue weighted by atomic mass is 16.1. The third-order valence-electron chi connectivity index (χ3n) is 3.67. The van der Waals surface area contributed by atoms with Crippen LogP contribution in [0.2, 0.25) is 0 Å². The van der Waals surface area contributed by atoms with Crippen LogP contribution in [0, 0.1) is 11.3 Å². The third-order valence-corrected chi connectivity index (χ3v) is 3.67. The molecule has 2 N–H and O–H groups in total. The molecular weight excluding hydrogens is 302 g/mol. The van der Waals surface area contributed by atoms with Crippen LogP contribution in [0.5, 0.6) is 0 Å². The molecule has 124 valence electrons. The van der Waals surface area contributed by atoms with Gasteiger partial charge in [0.1, 0.15) is 11.6 Å². The van der Waals surface area contributed by atoms with E-state index in [9.17, 15) is 10.1 Å². The minimum Gasteiger partial charge on any atom is -0.363 e. The number of amides is 1. The maximum atomic E-state index is 11.1. The summed E-state index contributed by atoms with van der Waals surface area (Å²) in [7, 11) is 0. The van der Waals surface area contributed by atoms with Crippen LogP contribution >= 0.6 is 0 Å². The van der Waals surface area contributed by atoms with Crippen molar-refractivity contribution < 1.29 is 4.79 Å². The Bertz CT molecular complexity index is 779. The molecule has 0 aliphatic carbocycles. The lowest BCUT2D eigenvalue weighted by atomic mass is 10.0. The monoisotopic (exact) mass is 323 g/mol. The first-order valence-corrected chi connectivity index (χ1v) is 7.97. The summed E-state index contributed by atoms with van der Waals surface area (Å²) in [5, 5.41) is 23.8. The molecule has 0 fully saturated rings. The molecule has 1 aromatic heterocycles. The quantitative estimate of drug-likeness (QED) is 0.852. The Kier molecular flexibility index (Phi) is 5.85. The Hall–Kier alpha value is -2.94. The molecule has 0 bridgehead atoms. The first-order valence-electron chi connectivity index (χ1n) is 7.97. The Morgan fingerprint density at radius 3 is 2.67 bits per heavy atom. The van der Waals surface area contributed by atoms with Gasteiger partial charge in [-0.05, 0) is 36.1 Å². The SMILES string of the molecule is CCc1nnc(NCc2cccc(NC(C)=O)c2)c(C#N)c1CC. The molecule has 0 radical (unpaired) electrons. The number of hydrogen-bond donors (Lipinski definition) is 2. The van der Waals surface area contributed by atoms with Gasteiger partial charge in [0.2, 0.25) is 5.91 Å². The number of nitrogens with one attached hydrogen (secondary N) is 2. The Balaban J connectivity index is 2.21. The van der Waals surface area contributed by atoms with Gasteiger partial charge in [-0.25, -0.2) is 0 Å². The van der Waals surface area contributed by atoms with Crippen molar-refractivity contribution in [1.82, 2.24) is 10.2 Å².